The Morgan fingerprint density at radius 1 is 1.13 bits per heavy atom. The maximum Gasteiger partial charge on any atom is 0.309 e. The Balaban J connectivity index is 1.58. The molecule has 0 unspecified atom stereocenters. The molecule has 4 rings (SSSR count). The number of anilines is 1. The predicted molar refractivity (Wildman–Crippen MR) is 118 cm³/mol. The normalized spacial score (nSPS) is 11.0. The largest absolute Gasteiger partial charge is 0.469 e. The van der Waals surface area contributed by atoms with E-state index < -0.39 is 0 Å². The number of aryl methyl sites for hydroxylation is 1. The van der Waals surface area contributed by atoms with Crippen molar-refractivity contribution in [1.29, 1.82) is 0 Å². The summed E-state index contributed by atoms with van der Waals surface area (Å²) >= 11 is 1.34. The van der Waals surface area contributed by atoms with Gasteiger partial charge in [-0.2, -0.15) is 0 Å². The van der Waals surface area contributed by atoms with Gasteiger partial charge >= 0.3 is 5.97 Å². The smallest absolute Gasteiger partial charge is 0.309 e. The highest BCUT2D eigenvalue weighted by Gasteiger charge is 2.18. The van der Waals surface area contributed by atoms with Gasteiger partial charge in [-0.15, -0.1) is 0 Å². The molecule has 6 nitrogen and oxygen atoms in total. The van der Waals surface area contributed by atoms with Crippen LogP contribution < -0.4 is 5.32 Å². The summed E-state index contributed by atoms with van der Waals surface area (Å²) in [6.07, 6.45) is 0.182. The second-order valence-corrected chi connectivity index (χ2v) is 8.16. The molecule has 0 bridgehead atoms. The quantitative estimate of drug-likeness (QED) is 0.455. The number of esters is 1. The maximum absolute atomic E-state index is 13.3. The molecule has 4 aromatic rings. The number of carbonyl (C=O) groups is 2. The van der Waals surface area contributed by atoms with Gasteiger partial charge in [-0.1, -0.05) is 17.4 Å². The first-order valence-corrected chi connectivity index (χ1v) is 10.4. The van der Waals surface area contributed by atoms with Crippen LogP contribution in [0.5, 0.6) is 0 Å². The molecule has 2 aromatic heterocycles. The molecule has 158 valence electrons. The molecule has 0 saturated heterocycles. The molecule has 1 N–H and O–H groups in total. The maximum atomic E-state index is 13.3. The Morgan fingerprint density at radius 2 is 1.87 bits per heavy atom. The van der Waals surface area contributed by atoms with E-state index in [1.807, 2.05) is 36.6 Å². The van der Waals surface area contributed by atoms with Crippen molar-refractivity contribution >= 4 is 38.6 Å². The molecule has 0 atom stereocenters. The fourth-order valence-corrected chi connectivity index (χ4v) is 4.44. The molecule has 0 aliphatic carbocycles. The lowest BCUT2D eigenvalue weighted by Crippen LogP contribution is -2.12. The molecule has 0 radical (unpaired) electrons. The lowest BCUT2D eigenvalue weighted by atomic mass is 10.1. The Morgan fingerprint density at radius 3 is 2.58 bits per heavy atom. The number of benzene rings is 2. The van der Waals surface area contributed by atoms with Crippen molar-refractivity contribution in [3.8, 4) is 5.69 Å². The minimum atomic E-state index is -0.311. The van der Waals surface area contributed by atoms with Gasteiger partial charge in [-0.3, -0.25) is 14.9 Å². The number of halogens is 1. The van der Waals surface area contributed by atoms with E-state index in [4.69, 9.17) is 4.74 Å². The van der Waals surface area contributed by atoms with Gasteiger partial charge in [0.1, 0.15) is 5.82 Å². The topological polar surface area (TPSA) is 73.2 Å². The molecule has 0 spiro atoms. The zero-order chi connectivity index (χ0) is 22.1. The molecule has 8 heteroatoms. The van der Waals surface area contributed by atoms with E-state index in [1.54, 1.807) is 18.2 Å². The zero-order valence-corrected chi connectivity index (χ0v) is 18.0. The van der Waals surface area contributed by atoms with Crippen LogP contribution in [0.25, 0.3) is 15.9 Å². The molecule has 0 aliphatic heterocycles. The highest BCUT2D eigenvalue weighted by Crippen LogP contribution is 2.28. The molecular formula is C23H20FN3O3S. The molecule has 0 aliphatic rings. The summed E-state index contributed by atoms with van der Waals surface area (Å²) in [7, 11) is 1.36. The van der Waals surface area contributed by atoms with Crippen molar-refractivity contribution in [3.05, 3.63) is 76.9 Å². The van der Waals surface area contributed by atoms with Crippen LogP contribution in [-0.2, 0) is 16.0 Å². The Kier molecular flexibility index (Phi) is 5.56. The predicted octanol–water partition coefficient (Wildman–Crippen LogP) is 4.81. The van der Waals surface area contributed by atoms with Crippen molar-refractivity contribution in [3.63, 3.8) is 0 Å². The van der Waals surface area contributed by atoms with E-state index in [-0.39, 0.29) is 24.1 Å². The highest BCUT2D eigenvalue weighted by molar-refractivity contribution is 7.22. The van der Waals surface area contributed by atoms with Crippen LogP contribution in [-0.4, -0.2) is 28.5 Å². The van der Waals surface area contributed by atoms with Crippen LogP contribution in [0.1, 0.15) is 27.3 Å². The third-order valence-corrected chi connectivity index (χ3v) is 5.94. The number of hydrogen-bond donors (Lipinski definition) is 1. The fraction of sp³-hybridized carbons (Fsp3) is 0.174. The Bertz CT molecular complexity index is 1290. The number of methoxy groups -OCH3 is 1. The average Bonchev–Trinajstić information content (AvgIpc) is 3.27. The van der Waals surface area contributed by atoms with Gasteiger partial charge in [0, 0.05) is 17.1 Å². The summed E-state index contributed by atoms with van der Waals surface area (Å²) < 4.78 is 20.8. The van der Waals surface area contributed by atoms with Crippen LogP contribution in [0.15, 0.2) is 48.5 Å². The van der Waals surface area contributed by atoms with Gasteiger partial charge < -0.3 is 9.30 Å². The van der Waals surface area contributed by atoms with E-state index >= 15 is 0 Å². The third-order valence-electron chi connectivity index (χ3n) is 5.01. The van der Waals surface area contributed by atoms with Crippen molar-refractivity contribution in [2.45, 2.75) is 20.3 Å². The number of nitrogens with zero attached hydrogens (tertiary/aromatic N) is 2. The summed E-state index contributed by atoms with van der Waals surface area (Å²) in [5.41, 5.74) is 4.49. The van der Waals surface area contributed by atoms with Crippen molar-refractivity contribution in [2.24, 2.45) is 0 Å². The first-order chi connectivity index (χ1) is 14.9. The SMILES string of the molecule is COC(=O)Cc1ccc2nc(NC(=O)c3cc(C)n(-c4ccc(F)cc4)c3C)sc2c1. The monoisotopic (exact) mass is 437 g/mol. The average molecular weight is 437 g/mol. The standard InChI is InChI=1S/C23H20FN3O3S/c1-13-10-18(14(2)27(13)17-7-5-16(24)6-8-17)22(29)26-23-25-19-9-4-15(11-20(19)31-23)12-21(28)30-3/h4-11H,12H2,1-3H3,(H,25,26,29). The van der Waals surface area contributed by atoms with E-state index in [9.17, 15) is 14.0 Å². The van der Waals surface area contributed by atoms with Crippen LogP contribution in [0.3, 0.4) is 0 Å². The van der Waals surface area contributed by atoms with Crippen LogP contribution in [0.4, 0.5) is 9.52 Å². The lowest BCUT2D eigenvalue weighted by Gasteiger charge is -2.09. The molecule has 2 heterocycles. The van der Waals surface area contributed by atoms with Crippen LogP contribution >= 0.6 is 11.3 Å². The summed E-state index contributed by atoms with van der Waals surface area (Å²) in [5.74, 6) is -0.890. The minimum absolute atomic E-state index is 0.182. The molecule has 0 fully saturated rings. The van der Waals surface area contributed by atoms with Gasteiger partial charge in [0.15, 0.2) is 5.13 Å². The van der Waals surface area contributed by atoms with E-state index in [1.165, 1.54) is 30.6 Å². The number of ether oxygens (including phenoxy) is 1. The number of thiazole rings is 1. The second kappa shape index (κ2) is 8.31. The number of hydrogen-bond acceptors (Lipinski definition) is 5. The fourth-order valence-electron chi connectivity index (χ4n) is 3.52. The van der Waals surface area contributed by atoms with E-state index in [0.29, 0.717) is 10.7 Å². The Labute approximate surface area is 182 Å². The first kappa shape index (κ1) is 20.7. The third kappa shape index (κ3) is 4.20. The van der Waals surface area contributed by atoms with E-state index in [2.05, 4.69) is 10.3 Å². The van der Waals surface area contributed by atoms with E-state index in [0.717, 1.165) is 32.9 Å². The zero-order valence-electron chi connectivity index (χ0n) is 17.2. The minimum Gasteiger partial charge on any atom is -0.469 e. The number of amides is 1. The van der Waals surface area contributed by atoms with Gasteiger partial charge in [0.2, 0.25) is 0 Å². The summed E-state index contributed by atoms with van der Waals surface area (Å²) in [4.78, 5) is 28.9. The summed E-state index contributed by atoms with van der Waals surface area (Å²) in [6, 6.07) is 13.5. The number of nitrogens with one attached hydrogen (secondary N) is 1. The number of rotatable bonds is 5. The lowest BCUT2D eigenvalue weighted by molar-refractivity contribution is -0.139. The first-order valence-electron chi connectivity index (χ1n) is 9.58. The summed E-state index contributed by atoms with van der Waals surface area (Å²) in [5, 5.41) is 3.34. The van der Waals surface area contributed by atoms with Crippen molar-refractivity contribution in [2.75, 3.05) is 12.4 Å². The number of fused-ring (bicyclic) bond motifs is 1. The Hall–Kier alpha value is -3.52. The molecule has 31 heavy (non-hydrogen) atoms. The number of carbonyl (C=O) groups excluding carboxylic acids is 2. The van der Waals surface area contributed by atoms with Gasteiger partial charge in [-0.25, -0.2) is 9.37 Å². The van der Waals surface area contributed by atoms with Gasteiger partial charge in [-0.05, 0) is 61.9 Å². The van der Waals surface area contributed by atoms with Crippen LogP contribution in [0.2, 0.25) is 0 Å². The number of aromatic nitrogens is 2. The summed E-state index contributed by atoms with van der Waals surface area (Å²) in [6.45, 7) is 3.75. The second-order valence-electron chi connectivity index (χ2n) is 7.12. The van der Waals surface area contributed by atoms with Crippen molar-refractivity contribution in [1.82, 2.24) is 9.55 Å². The van der Waals surface area contributed by atoms with Gasteiger partial charge in [0.25, 0.3) is 5.91 Å². The van der Waals surface area contributed by atoms with Crippen molar-refractivity contribution < 1.29 is 18.7 Å². The molecule has 2 aromatic carbocycles. The molecule has 0 saturated carbocycles. The van der Waals surface area contributed by atoms with Gasteiger partial charge in [0.05, 0.1) is 29.3 Å². The molecule has 1 amide bonds. The highest BCUT2D eigenvalue weighted by atomic mass is 32.1. The van der Waals surface area contributed by atoms with Crippen LogP contribution in [0, 0.1) is 19.7 Å². The molecular weight excluding hydrogens is 417 g/mol.